The fourth-order valence-electron chi connectivity index (χ4n) is 3.48. The molecule has 0 spiro atoms. The van der Waals surface area contributed by atoms with Gasteiger partial charge in [0.1, 0.15) is 11.6 Å². The molecule has 0 aliphatic carbocycles. The molecule has 0 fully saturated rings. The molecule has 2 aromatic carbocycles. The van der Waals surface area contributed by atoms with Crippen LogP contribution in [0.4, 0.5) is 14.5 Å². The van der Waals surface area contributed by atoms with E-state index in [1.807, 2.05) is 13.2 Å². The Kier molecular flexibility index (Phi) is 5.25. The average molecular weight is 478 g/mol. The maximum Gasteiger partial charge on any atom is 0.267 e. The average Bonchev–Trinajstić information content (AvgIpc) is 3.24. The summed E-state index contributed by atoms with van der Waals surface area (Å²) >= 11 is 0. The molecule has 0 amide bonds. The molecule has 0 aliphatic heterocycles. The summed E-state index contributed by atoms with van der Waals surface area (Å²) in [5.41, 5.74) is 4.11. The lowest BCUT2D eigenvalue weighted by Crippen LogP contribution is -2.16. The third-order valence-electron chi connectivity index (χ3n) is 5.05. The summed E-state index contributed by atoms with van der Waals surface area (Å²) in [6.45, 7) is 0. The normalized spacial score (nSPS) is 11.6. The number of hydrogen-bond acceptors (Lipinski definition) is 6. The standard InChI is InChI=1S/C23H16F2N6O2S/c1-31-13-16(10-28-31)22-12-27-20-6-5-14(8-21(20)29-22)15-7-17(11-26-9-15)30-34(32,33)23-18(24)3-2-4-19(23)25/h2-13,30H,1H3. The molecule has 8 nitrogen and oxygen atoms in total. The number of fused-ring (bicyclic) bond motifs is 1. The molecule has 5 aromatic rings. The van der Waals surface area contributed by atoms with Crippen LogP contribution in [0, 0.1) is 11.6 Å². The Balaban J connectivity index is 1.49. The highest BCUT2D eigenvalue weighted by molar-refractivity contribution is 7.92. The van der Waals surface area contributed by atoms with Crippen molar-refractivity contribution in [3.05, 3.63) is 85.1 Å². The van der Waals surface area contributed by atoms with Crippen molar-refractivity contribution in [2.24, 2.45) is 7.05 Å². The van der Waals surface area contributed by atoms with Crippen LogP contribution in [0.5, 0.6) is 0 Å². The van der Waals surface area contributed by atoms with Gasteiger partial charge in [0.15, 0.2) is 4.90 Å². The molecule has 0 saturated carbocycles. The van der Waals surface area contributed by atoms with Gasteiger partial charge in [-0.15, -0.1) is 0 Å². The van der Waals surface area contributed by atoms with E-state index in [9.17, 15) is 17.2 Å². The molecule has 170 valence electrons. The summed E-state index contributed by atoms with van der Waals surface area (Å²) in [4.78, 5) is 12.1. The Labute approximate surface area is 193 Å². The molecule has 0 aliphatic rings. The number of rotatable bonds is 5. The highest BCUT2D eigenvalue weighted by Crippen LogP contribution is 2.27. The van der Waals surface area contributed by atoms with Crippen molar-refractivity contribution in [2.75, 3.05) is 4.72 Å². The lowest BCUT2D eigenvalue weighted by molar-refractivity contribution is 0.521. The molecular formula is C23H16F2N6O2S. The van der Waals surface area contributed by atoms with Gasteiger partial charge in [-0.25, -0.2) is 22.2 Å². The number of nitrogens with one attached hydrogen (secondary N) is 1. The van der Waals surface area contributed by atoms with E-state index in [1.165, 1.54) is 12.3 Å². The van der Waals surface area contributed by atoms with E-state index in [1.54, 1.807) is 41.5 Å². The van der Waals surface area contributed by atoms with Crippen LogP contribution >= 0.6 is 0 Å². The van der Waals surface area contributed by atoms with Gasteiger partial charge < -0.3 is 0 Å². The van der Waals surface area contributed by atoms with Gasteiger partial charge in [0.25, 0.3) is 10.0 Å². The van der Waals surface area contributed by atoms with E-state index in [0.29, 0.717) is 27.9 Å². The third kappa shape index (κ3) is 4.08. The molecule has 3 aromatic heterocycles. The topological polar surface area (TPSA) is 103 Å². The molecule has 11 heteroatoms. The molecule has 0 bridgehead atoms. The van der Waals surface area contributed by atoms with E-state index in [0.717, 1.165) is 23.8 Å². The summed E-state index contributed by atoms with van der Waals surface area (Å²) < 4.78 is 57.1. The monoisotopic (exact) mass is 478 g/mol. The second-order valence-corrected chi connectivity index (χ2v) is 9.10. The summed E-state index contributed by atoms with van der Waals surface area (Å²) in [6.07, 6.45) is 7.98. The van der Waals surface area contributed by atoms with E-state index < -0.39 is 26.6 Å². The fourth-order valence-corrected chi connectivity index (χ4v) is 4.66. The molecule has 3 heterocycles. The van der Waals surface area contributed by atoms with E-state index in [2.05, 4.69) is 24.8 Å². The lowest BCUT2D eigenvalue weighted by atomic mass is 10.1. The number of pyridine rings is 1. The maximum absolute atomic E-state index is 14.0. The minimum atomic E-state index is -4.51. The number of nitrogens with zero attached hydrogens (tertiary/aromatic N) is 5. The Morgan fingerprint density at radius 2 is 1.68 bits per heavy atom. The van der Waals surface area contributed by atoms with Crippen LogP contribution in [-0.4, -0.2) is 33.2 Å². The largest absolute Gasteiger partial charge is 0.278 e. The zero-order chi connectivity index (χ0) is 23.9. The second-order valence-electron chi connectivity index (χ2n) is 7.48. The minimum Gasteiger partial charge on any atom is -0.278 e. The van der Waals surface area contributed by atoms with E-state index in [4.69, 9.17) is 0 Å². The molecule has 0 unspecified atom stereocenters. The van der Waals surface area contributed by atoms with Crippen LogP contribution < -0.4 is 4.72 Å². The zero-order valence-corrected chi connectivity index (χ0v) is 18.5. The predicted octanol–water partition coefficient (Wildman–Crippen LogP) is 4.17. The van der Waals surface area contributed by atoms with Crippen LogP contribution in [0.1, 0.15) is 0 Å². The molecule has 5 rings (SSSR count). The van der Waals surface area contributed by atoms with E-state index in [-0.39, 0.29) is 5.69 Å². The van der Waals surface area contributed by atoms with Gasteiger partial charge in [0, 0.05) is 30.6 Å². The van der Waals surface area contributed by atoms with Crippen molar-refractivity contribution in [3.63, 3.8) is 0 Å². The number of aryl methyl sites for hydroxylation is 1. The number of aromatic nitrogens is 5. The van der Waals surface area contributed by atoms with Crippen LogP contribution in [0.3, 0.4) is 0 Å². The Morgan fingerprint density at radius 1 is 0.882 bits per heavy atom. The van der Waals surface area contributed by atoms with Crippen molar-refractivity contribution in [3.8, 4) is 22.4 Å². The first-order valence-electron chi connectivity index (χ1n) is 9.98. The van der Waals surface area contributed by atoms with Crippen LogP contribution in [0.25, 0.3) is 33.4 Å². The number of hydrogen-bond donors (Lipinski definition) is 1. The van der Waals surface area contributed by atoms with Gasteiger partial charge in [0.2, 0.25) is 0 Å². The first kappa shape index (κ1) is 21.6. The second kappa shape index (κ2) is 8.27. The molecule has 0 atom stereocenters. The smallest absolute Gasteiger partial charge is 0.267 e. The fraction of sp³-hybridized carbons (Fsp3) is 0.0435. The van der Waals surface area contributed by atoms with Gasteiger partial charge in [-0.2, -0.15) is 5.10 Å². The van der Waals surface area contributed by atoms with Gasteiger partial charge >= 0.3 is 0 Å². The Bertz CT molecular complexity index is 1630. The van der Waals surface area contributed by atoms with Crippen LogP contribution in [-0.2, 0) is 17.1 Å². The summed E-state index contributed by atoms with van der Waals surface area (Å²) in [6, 6.07) is 9.75. The molecule has 0 saturated heterocycles. The predicted molar refractivity (Wildman–Crippen MR) is 122 cm³/mol. The van der Waals surface area contributed by atoms with Gasteiger partial charge in [-0.05, 0) is 35.9 Å². The first-order chi connectivity index (χ1) is 16.3. The Morgan fingerprint density at radius 3 is 2.41 bits per heavy atom. The molecule has 0 radical (unpaired) electrons. The molecule has 1 N–H and O–H groups in total. The highest BCUT2D eigenvalue weighted by atomic mass is 32.2. The number of sulfonamides is 1. The van der Waals surface area contributed by atoms with Crippen molar-refractivity contribution in [2.45, 2.75) is 4.90 Å². The SMILES string of the molecule is Cn1cc(-c2cnc3ccc(-c4cncc(NS(=O)(=O)c5c(F)cccc5F)c4)cc3n2)cn1. The van der Waals surface area contributed by atoms with Crippen molar-refractivity contribution >= 4 is 26.7 Å². The van der Waals surface area contributed by atoms with Crippen molar-refractivity contribution < 1.29 is 17.2 Å². The van der Waals surface area contributed by atoms with Crippen molar-refractivity contribution in [1.29, 1.82) is 0 Å². The van der Waals surface area contributed by atoms with Gasteiger partial charge in [0.05, 0.1) is 41.0 Å². The highest BCUT2D eigenvalue weighted by Gasteiger charge is 2.24. The van der Waals surface area contributed by atoms with E-state index >= 15 is 0 Å². The Hall–Kier alpha value is -4.25. The van der Waals surface area contributed by atoms with Crippen molar-refractivity contribution in [1.82, 2.24) is 24.7 Å². The summed E-state index contributed by atoms with van der Waals surface area (Å²) in [5.74, 6) is -2.37. The number of halogens is 2. The molecular weight excluding hydrogens is 462 g/mol. The van der Waals surface area contributed by atoms with Crippen LogP contribution in [0.15, 0.2) is 78.3 Å². The quantitative estimate of drug-likeness (QED) is 0.407. The zero-order valence-electron chi connectivity index (χ0n) is 17.6. The summed E-state index contributed by atoms with van der Waals surface area (Å²) in [5, 5.41) is 4.15. The van der Waals surface area contributed by atoms with Gasteiger partial charge in [-0.1, -0.05) is 12.1 Å². The summed E-state index contributed by atoms with van der Waals surface area (Å²) in [7, 11) is -2.70. The van der Waals surface area contributed by atoms with Crippen LogP contribution in [0.2, 0.25) is 0 Å². The number of anilines is 1. The molecule has 34 heavy (non-hydrogen) atoms. The van der Waals surface area contributed by atoms with Gasteiger partial charge in [-0.3, -0.25) is 19.4 Å². The first-order valence-corrected chi connectivity index (χ1v) is 11.5. The lowest BCUT2D eigenvalue weighted by Gasteiger charge is -2.11. The maximum atomic E-state index is 14.0. The third-order valence-corrected chi connectivity index (χ3v) is 6.49. The minimum absolute atomic E-state index is 0.0513. The number of benzene rings is 2.